The highest BCUT2D eigenvalue weighted by Gasteiger charge is 2.32. The molecule has 2 aromatic carbocycles. The van der Waals surface area contributed by atoms with E-state index in [0.29, 0.717) is 20.9 Å². The molecule has 36 heavy (non-hydrogen) atoms. The van der Waals surface area contributed by atoms with Gasteiger partial charge in [0.1, 0.15) is 16.4 Å². The molecule has 0 aliphatic heterocycles. The molecule has 0 saturated heterocycles. The highest BCUT2D eigenvalue weighted by molar-refractivity contribution is 7.91. The van der Waals surface area contributed by atoms with Gasteiger partial charge in [0, 0.05) is 34.2 Å². The summed E-state index contributed by atoms with van der Waals surface area (Å²) in [5.41, 5.74) is 1.49. The lowest BCUT2D eigenvalue weighted by atomic mass is 10.0. The molecule has 5 rings (SSSR count). The van der Waals surface area contributed by atoms with Crippen LogP contribution in [-0.2, 0) is 23.1 Å². The number of nitrogens with zero attached hydrogens (tertiary/aromatic N) is 3. The normalized spacial score (nSPS) is 12.6. The second-order valence-corrected chi connectivity index (χ2v) is 11.3. The van der Waals surface area contributed by atoms with Gasteiger partial charge in [-0.1, -0.05) is 42.3 Å². The van der Waals surface area contributed by atoms with Crippen molar-refractivity contribution in [2.45, 2.75) is 18.1 Å². The Bertz CT molecular complexity index is 1760. The third-order valence-electron chi connectivity index (χ3n) is 5.91. The Morgan fingerprint density at radius 3 is 2.36 bits per heavy atom. The largest absolute Gasteiger partial charge is 0.417 e. The summed E-state index contributed by atoms with van der Waals surface area (Å²) in [4.78, 5) is 11.3. The number of pyridine rings is 1. The molecule has 0 aliphatic carbocycles. The Labute approximate surface area is 213 Å². The monoisotopic (exact) mass is 552 g/mol. The summed E-state index contributed by atoms with van der Waals surface area (Å²) >= 11 is 12.3. The number of hydrogen-bond donors (Lipinski definition) is 1. The van der Waals surface area contributed by atoms with E-state index in [4.69, 9.17) is 23.2 Å². The van der Waals surface area contributed by atoms with Gasteiger partial charge in [-0.3, -0.25) is 0 Å². The average molecular weight is 553 g/mol. The van der Waals surface area contributed by atoms with Gasteiger partial charge in [0.05, 0.1) is 16.9 Å². The number of aromatic nitrogens is 4. The number of hydrogen-bond acceptors (Lipinski definition) is 4. The minimum atomic E-state index is -4.59. The van der Waals surface area contributed by atoms with Crippen LogP contribution in [0.4, 0.5) is 13.2 Å². The summed E-state index contributed by atoms with van der Waals surface area (Å²) in [6, 6.07) is 11.2. The maximum atomic E-state index is 13.2. The van der Waals surface area contributed by atoms with Crippen LogP contribution >= 0.6 is 23.2 Å². The lowest BCUT2D eigenvalue weighted by Crippen LogP contribution is -2.07. The number of rotatable bonds is 4. The maximum absolute atomic E-state index is 13.2. The fourth-order valence-corrected chi connectivity index (χ4v) is 5.72. The second kappa shape index (κ2) is 8.50. The summed E-state index contributed by atoms with van der Waals surface area (Å²) in [6.45, 7) is 1.51. The van der Waals surface area contributed by atoms with E-state index >= 15 is 0 Å². The van der Waals surface area contributed by atoms with Crippen LogP contribution in [0.5, 0.6) is 0 Å². The molecule has 0 aliphatic rings. The zero-order chi connectivity index (χ0) is 26.0. The number of H-pyrrole nitrogens is 1. The molecule has 3 heterocycles. The van der Waals surface area contributed by atoms with Crippen LogP contribution in [0.1, 0.15) is 12.5 Å². The van der Waals surface area contributed by atoms with Crippen molar-refractivity contribution < 1.29 is 21.6 Å². The molecular formula is C24H17Cl2F3N4O2S. The highest BCUT2D eigenvalue weighted by atomic mass is 35.5. The molecule has 6 nitrogen and oxygen atoms in total. The zero-order valence-electron chi connectivity index (χ0n) is 18.8. The van der Waals surface area contributed by atoms with E-state index in [9.17, 15) is 21.6 Å². The number of aryl methyl sites for hydroxylation is 1. The Hall–Kier alpha value is -3.08. The predicted octanol–water partition coefficient (Wildman–Crippen LogP) is 6.90. The summed E-state index contributed by atoms with van der Waals surface area (Å²) in [5, 5.41) is 1.36. The Balaban J connectivity index is 1.78. The van der Waals surface area contributed by atoms with Crippen LogP contribution in [0.15, 0.2) is 53.7 Å². The van der Waals surface area contributed by atoms with Gasteiger partial charge in [-0.2, -0.15) is 13.2 Å². The van der Waals surface area contributed by atoms with Gasteiger partial charge < -0.3 is 9.55 Å². The van der Waals surface area contributed by atoms with Crippen LogP contribution in [0.2, 0.25) is 10.0 Å². The van der Waals surface area contributed by atoms with Gasteiger partial charge in [-0.05, 0) is 41.5 Å². The number of imidazole rings is 1. The molecule has 0 unspecified atom stereocenters. The Morgan fingerprint density at radius 1 is 1.03 bits per heavy atom. The van der Waals surface area contributed by atoms with E-state index in [2.05, 4.69) is 15.0 Å². The van der Waals surface area contributed by atoms with Crippen molar-refractivity contribution in [2.75, 3.05) is 5.75 Å². The molecule has 0 saturated carbocycles. The maximum Gasteiger partial charge on any atom is 0.417 e. The van der Waals surface area contributed by atoms with Crippen LogP contribution in [-0.4, -0.2) is 33.7 Å². The fourth-order valence-electron chi connectivity index (χ4n) is 4.13. The van der Waals surface area contributed by atoms with Crippen LogP contribution in [0, 0.1) is 0 Å². The first-order valence-electron chi connectivity index (χ1n) is 10.6. The third kappa shape index (κ3) is 4.12. The number of sulfone groups is 1. The van der Waals surface area contributed by atoms with Crippen molar-refractivity contribution >= 4 is 55.1 Å². The van der Waals surface area contributed by atoms with Crippen molar-refractivity contribution in [3.63, 3.8) is 0 Å². The van der Waals surface area contributed by atoms with Gasteiger partial charge >= 0.3 is 6.18 Å². The van der Waals surface area contributed by atoms with Crippen molar-refractivity contribution in [1.29, 1.82) is 0 Å². The summed E-state index contributed by atoms with van der Waals surface area (Å²) < 4.78 is 67.3. The van der Waals surface area contributed by atoms with Gasteiger partial charge in [-0.25, -0.2) is 18.4 Å². The average Bonchev–Trinajstić information content (AvgIpc) is 3.35. The third-order valence-corrected chi connectivity index (χ3v) is 8.04. The number of alkyl halides is 3. The van der Waals surface area contributed by atoms with Crippen molar-refractivity contribution in [3.8, 4) is 22.5 Å². The highest BCUT2D eigenvalue weighted by Crippen LogP contribution is 2.39. The SMILES string of the molecule is CCS(=O)(=O)c1[nH]c2cc(-c3cc(Cl)cc(Cl)c3)ccc2c1-c1nc2cc(C(F)(F)F)cnc2n1C. The summed E-state index contributed by atoms with van der Waals surface area (Å²) in [6.07, 6.45) is -3.86. The Kier molecular flexibility index (Phi) is 5.81. The molecule has 0 spiro atoms. The lowest BCUT2D eigenvalue weighted by Gasteiger charge is -2.06. The predicted molar refractivity (Wildman–Crippen MR) is 134 cm³/mol. The molecule has 0 bridgehead atoms. The summed E-state index contributed by atoms with van der Waals surface area (Å²) in [7, 11) is -2.19. The first-order valence-corrected chi connectivity index (χ1v) is 13.0. The smallest absolute Gasteiger partial charge is 0.345 e. The first-order chi connectivity index (χ1) is 16.9. The van der Waals surface area contributed by atoms with E-state index < -0.39 is 21.6 Å². The van der Waals surface area contributed by atoms with Gasteiger partial charge in [0.15, 0.2) is 15.5 Å². The van der Waals surface area contributed by atoms with Gasteiger partial charge in [-0.15, -0.1) is 0 Å². The van der Waals surface area contributed by atoms with E-state index in [1.165, 1.54) is 11.5 Å². The van der Waals surface area contributed by atoms with Crippen molar-refractivity contribution in [3.05, 3.63) is 64.3 Å². The van der Waals surface area contributed by atoms with E-state index in [1.54, 1.807) is 43.4 Å². The van der Waals surface area contributed by atoms with Crippen LogP contribution in [0.25, 0.3) is 44.6 Å². The molecule has 0 atom stereocenters. The second-order valence-electron chi connectivity index (χ2n) is 8.21. The van der Waals surface area contributed by atoms with Gasteiger partial charge in [0.2, 0.25) is 0 Å². The standard InChI is InChI=1S/C24H17Cl2F3N4O2S/c1-3-36(34,35)23-20(22-31-19-9-14(24(27,28)29)11-30-21(19)33(22)2)17-5-4-12(8-18(17)32-23)13-6-15(25)10-16(26)7-13/h4-11,32H,3H2,1-2H3. The number of benzene rings is 2. The number of halogens is 5. The van der Waals surface area contributed by atoms with E-state index in [1.807, 2.05) is 0 Å². The quantitative estimate of drug-likeness (QED) is 0.263. The number of fused-ring (bicyclic) bond motifs is 2. The number of aromatic amines is 1. The molecule has 3 aromatic heterocycles. The van der Waals surface area contributed by atoms with Crippen LogP contribution < -0.4 is 0 Å². The minimum absolute atomic E-state index is 0.00158. The Morgan fingerprint density at radius 2 is 1.72 bits per heavy atom. The molecule has 0 radical (unpaired) electrons. The van der Waals surface area contributed by atoms with Crippen molar-refractivity contribution in [2.24, 2.45) is 7.05 Å². The van der Waals surface area contributed by atoms with E-state index in [-0.39, 0.29) is 33.3 Å². The molecule has 1 N–H and O–H groups in total. The number of nitrogens with one attached hydrogen (secondary N) is 1. The lowest BCUT2D eigenvalue weighted by molar-refractivity contribution is -0.137. The molecule has 12 heteroatoms. The van der Waals surface area contributed by atoms with E-state index in [0.717, 1.165) is 23.4 Å². The molecule has 0 fully saturated rings. The van der Waals surface area contributed by atoms with Gasteiger partial charge in [0.25, 0.3) is 0 Å². The molecule has 186 valence electrons. The zero-order valence-corrected chi connectivity index (χ0v) is 21.1. The first kappa shape index (κ1) is 24.6. The van der Waals surface area contributed by atoms with Crippen LogP contribution in [0.3, 0.4) is 0 Å². The molecular weight excluding hydrogens is 536 g/mol. The molecule has 0 amide bonds. The minimum Gasteiger partial charge on any atom is -0.345 e. The summed E-state index contributed by atoms with van der Waals surface area (Å²) in [5.74, 6) is -0.0158. The topological polar surface area (TPSA) is 80.6 Å². The fraction of sp³-hybridized carbons (Fsp3) is 0.167. The molecule has 5 aromatic rings. The van der Waals surface area contributed by atoms with Crippen molar-refractivity contribution in [1.82, 2.24) is 19.5 Å².